The Morgan fingerprint density at radius 2 is 1.88 bits per heavy atom. The fourth-order valence-electron chi connectivity index (χ4n) is 3.70. The zero-order valence-electron chi connectivity index (χ0n) is 18.8. The van der Waals surface area contributed by atoms with Crippen LogP contribution >= 0.6 is 42.7 Å². The number of nitrogens with zero attached hydrogens (tertiary/aromatic N) is 1. The van der Waals surface area contributed by atoms with E-state index in [1.165, 1.54) is 23.1 Å². The van der Waals surface area contributed by atoms with Crippen LogP contribution in [0.15, 0.2) is 40.7 Å². The first kappa shape index (κ1) is 25.7. The van der Waals surface area contributed by atoms with E-state index in [9.17, 15) is 14.2 Å². The molecular weight excluding hydrogens is 495 g/mol. The number of aryl methyl sites for hydroxylation is 2. The Bertz CT molecular complexity index is 1280. The summed E-state index contributed by atoms with van der Waals surface area (Å²) < 4.78 is 20.7. The number of aromatic nitrogens is 2. The van der Waals surface area contributed by atoms with Crippen molar-refractivity contribution in [3.05, 3.63) is 68.2 Å². The van der Waals surface area contributed by atoms with E-state index in [1.807, 2.05) is 26.8 Å². The number of nitrogens with one attached hydrogen (secondary N) is 1. The van der Waals surface area contributed by atoms with Gasteiger partial charge < -0.3 is 4.52 Å². The molecule has 0 amide bonds. The van der Waals surface area contributed by atoms with Crippen molar-refractivity contribution >= 4 is 59.3 Å². The van der Waals surface area contributed by atoms with E-state index in [-0.39, 0.29) is 24.6 Å². The topological polar surface area (TPSA) is 89.1 Å². The van der Waals surface area contributed by atoms with E-state index in [4.69, 9.17) is 16.7 Å². The van der Waals surface area contributed by atoms with Crippen molar-refractivity contribution in [3.63, 3.8) is 0 Å². The molecule has 0 aliphatic rings. The van der Waals surface area contributed by atoms with Crippen LogP contribution < -0.4 is 5.30 Å². The van der Waals surface area contributed by atoms with E-state index < -0.39 is 12.9 Å². The van der Waals surface area contributed by atoms with Crippen LogP contribution in [0, 0.1) is 24.7 Å². The molecule has 0 fully saturated rings. The molecule has 10 heteroatoms. The summed E-state index contributed by atoms with van der Waals surface area (Å²) in [6, 6.07) is 10.4. The minimum atomic E-state index is -3.81. The Hall–Kier alpha value is -1.90. The number of carbonyl (C=O) groups excluding carboxylic acids is 2. The van der Waals surface area contributed by atoms with Crippen LogP contribution in [0.4, 0.5) is 0 Å². The Kier molecular flexibility index (Phi) is 8.59. The Morgan fingerprint density at radius 3 is 2.48 bits per heavy atom. The average Bonchev–Trinajstić information content (AvgIpc) is 3.20. The monoisotopic (exact) mass is 520 g/mol. The van der Waals surface area contributed by atoms with Gasteiger partial charge in [-0.1, -0.05) is 47.4 Å². The summed E-state index contributed by atoms with van der Waals surface area (Å²) in [6.07, 6.45) is 0.172. The van der Waals surface area contributed by atoms with Crippen molar-refractivity contribution in [3.8, 4) is 0 Å². The van der Waals surface area contributed by atoms with Crippen LogP contribution in [0.2, 0.25) is 0 Å². The average molecular weight is 521 g/mol. The number of ketones is 1. The van der Waals surface area contributed by atoms with Gasteiger partial charge in [-0.15, -0.1) is 0 Å². The quantitative estimate of drug-likeness (QED) is 0.205. The zero-order chi connectivity index (χ0) is 24.2. The minimum absolute atomic E-state index is 0.00520. The number of rotatable bonds is 10. The lowest BCUT2D eigenvalue weighted by Gasteiger charge is -2.21. The number of benzene rings is 2. The largest absolute Gasteiger partial charge is 0.320 e. The second-order valence-corrected chi connectivity index (χ2v) is 12.7. The summed E-state index contributed by atoms with van der Waals surface area (Å²) in [5, 5.41) is 7.13. The number of aromatic amines is 1. The van der Waals surface area contributed by atoms with Crippen LogP contribution in [0.3, 0.4) is 0 Å². The predicted molar refractivity (Wildman–Crippen MR) is 137 cm³/mol. The Labute approximate surface area is 206 Å². The van der Waals surface area contributed by atoms with Crippen molar-refractivity contribution in [1.82, 2.24) is 10.2 Å². The maximum atomic E-state index is 13.8. The van der Waals surface area contributed by atoms with Gasteiger partial charge in [0.25, 0.3) is 5.52 Å². The molecule has 0 saturated carbocycles. The molecule has 174 valence electrons. The minimum Gasteiger partial charge on any atom is -0.320 e. The smallest absolute Gasteiger partial charge is 0.300 e. The maximum Gasteiger partial charge on any atom is 0.300 e. The molecule has 0 aliphatic heterocycles. The lowest BCUT2D eigenvalue weighted by atomic mass is 9.91. The molecule has 0 radical (unpaired) electrons. The second-order valence-electron chi connectivity index (χ2n) is 7.48. The van der Waals surface area contributed by atoms with Crippen molar-refractivity contribution in [2.75, 3.05) is 12.4 Å². The first-order valence-corrected chi connectivity index (χ1v) is 14.2. The summed E-state index contributed by atoms with van der Waals surface area (Å²) in [7, 11) is -3.81. The molecule has 0 saturated heterocycles. The van der Waals surface area contributed by atoms with Crippen molar-refractivity contribution < 1.29 is 18.7 Å². The van der Waals surface area contributed by atoms with Crippen molar-refractivity contribution in [2.24, 2.45) is 0 Å². The number of hydrogen-bond acceptors (Lipinski definition) is 8. The molecule has 3 aromatic rings. The highest BCUT2D eigenvalue weighted by molar-refractivity contribution is 8.01. The van der Waals surface area contributed by atoms with Crippen molar-refractivity contribution in [1.29, 1.82) is 0 Å². The number of thioether (sulfide) groups is 1. The highest BCUT2D eigenvalue weighted by atomic mass is 32.2. The van der Waals surface area contributed by atoms with Crippen LogP contribution in [0.1, 0.15) is 39.5 Å². The van der Waals surface area contributed by atoms with Gasteiger partial charge in [0.2, 0.25) is 0 Å². The fourth-order valence-corrected chi connectivity index (χ4v) is 7.71. The van der Waals surface area contributed by atoms with Gasteiger partial charge in [-0.25, -0.2) is 0 Å². The summed E-state index contributed by atoms with van der Waals surface area (Å²) in [4.78, 5) is 26.4. The lowest BCUT2D eigenvalue weighted by molar-refractivity contribution is -0.116. The van der Waals surface area contributed by atoms with Crippen LogP contribution in [0.25, 0.3) is 0 Å². The molecular formula is C23H25N2O4PS3. The van der Waals surface area contributed by atoms with E-state index in [2.05, 4.69) is 10.2 Å². The Balaban J connectivity index is 1.93. The van der Waals surface area contributed by atoms with Crippen LogP contribution in [0.5, 0.6) is 0 Å². The molecule has 0 spiro atoms. The van der Waals surface area contributed by atoms with E-state index in [1.54, 1.807) is 37.3 Å². The van der Waals surface area contributed by atoms with E-state index >= 15 is 0 Å². The highest BCUT2D eigenvalue weighted by Gasteiger charge is 2.38. The summed E-state index contributed by atoms with van der Waals surface area (Å²) in [6.45, 7) is 7.41. The van der Waals surface area contributed by atoms with E-state index in [0.29, 0.717) is 30.3 Å². The number of H-pyrrole nitrogens is 1. The predicted octanol–water partition coefficient (Wildman–Crippen LogP) is 5.81. The third kappa shape index (κ3) is 5.78. The van der Waals surface area contributed by atoms with Crippen LogP contribution in [-0.2, 0) is 20.3 Å². The molecule has 1 aromatic heterocycles. The second kappa shape index (κ2) is 11.0. The summed E-state index contributed by atoms with van der Waals surface area (Å²) >= 11 is 7.68. The molecule has 33 heavy (non-hydrogen) atoms. The fraction of sp³-hybridized carbons (Fsp3) is 0.304. The molecule has 1 N–H and O–H groups in total. The normalized spacial score (nSPS) is 13.0. The first-order chi connectivity index (χ1) is 15.7. The third-order valence-electron chi connectivity index (χ3n) is 5.17. The van der Waals surface area contributed by atoms with Gasteiger partial charge in [0, 0.05) is 17.3 Å². The molecule has 0 bridgehead atoms. The van der Waals surface area contributed by atoms with Gasteiger partial charge in [0.05, 0.1) is 12.4 Å². The molecule has 1 atom stereocenters. The number of hydrogen-bond donors (Lipinski definition) is 1. The van der Waals surface area contributed by atoms with E-state index in [0.717, 1.165) is 11.1 Å². The Morgan fingerprint density at radius 1 is 1.18 bits per heavy atom. The molecule has 1 unspecified atom stereocenters. The maximum absolute atomic E-state index is 13.8. The van der Waals surface area contributed by atoms with Gasteiger partial charge in [0.1, 0.15) is 5.78 Å². The molecule has 6 nitrogen and oxygen atoms in total. The number of carbonyl (C=O) groups is 2. The third-order valence-corrected chi connectivity index (χ3v) is 9.82. The van der Waals surface area contributed by atoms with Gasteiger partial charge >= 0.3 is 7.37 Å². The standard InChI is InChI=1S/C23H25N2O4PS3/c1-5-29-30(28,18-9-7-6-8-10-18)21(27)20-15(3)11-14(2)19(16(20)4)12-17(26)13-32-23-25-24-22(31)33-23/h6-11H,5,12-13H2,1-4H3,(H,24,31). The summed E-state index contributed by atoms with van der Waals surface area (Å²) in [5.74, 6) is 0.249. The van der Waals surface area contributed by atoms with Crippen LogP contribution in [-0.4, -0.2) is 33.9 Å². The lowest BCUT2D eigenvalue weighted by Crippen LogP contribution is -2.19. The highest BCUT2D eigenvalue weighted by Crippen LogP contribution is 2.50. The SMILES string of the molecule is CCOP(=O)(C(=O)c1c(C)cc(C)c(CC(=O)CSc2n[nH]c(=S)s2)c1C)c1ccccc1. The molecule has 0 aliphatic carbocycles. The van der Waals surface area contributed by atoms with Gasteiger partial charge in [-0.2, -0.15) is 5.10 Å². The molecule has 1 heterocycles. The summed E-state index contributed by atoms with van der Waals surface area (Å²) in [5.41, 5.74) is 2.91. The molecule has 2 aromatic carbocycles. The number of Topliss-reactive ketones (excluding diaryl/α,β-unsaturated/α-hetero) is 1. The molecule has 3 rings (SSSR count). The van der Waals surface area contributed by atoms with Gasteiger partial charge in [-0.05, 0) is 74.3 Å². The van der Waals surface area contributed by atoms with Gasteiger partial charge in [0.15, 0.2) is 8.29 Å². The first-order valence-electron chi connectivity index (χ1n) is 10.3. The van der Waals surface area contributed by atoms with Gasteiger partial charge in [-0.3, -0.25) is 19.3 Å². The zero-order valence-corrected chi connectivity index (χ0v) is 22.2. The van der Waals surface area contributed by atoms with Crippen molar-refractivity contribution in [2.45, 2.75) is 38.5 Å².